The van der Waals surface area contributed by atoms with Crippen molar-refractivity contribution < 1.29 is 0 Å². The molecule has 4 heteroatoms. The van der Waals surface area contributed by atoms with Gasteiger partial charge in [-0.25, -0.2) is 4.98 Å². The predicted molar refractivity (Wildman–Crippen MR) is 81.6 cm³/mol. The standard InChI is InChI=1S/C14H27N3S/c1-10(2)7-8-17(6)14-16-12(5)13(18-14)9-15-11(3)4/h10-11,15H,7-9H2,1-6H3. The van der Waals surface area contributed by atoms with Gasteiger partial charge in [-0.1, -0.05) is 27.7 Å². The van der Waals surface area contributed by atoms with Crippen LogP contribution in [0.2, 0.25) is 0 Å². The van der Waals surface area contributed by atoms with Crippen molar-refractivity contribution in [2.45, 2.75) is 53.6 Å². The molecule has 0 aromatic carbocycles. The summed E-state index contributed by atoms with van der Waals surface area (Å²) in [7, 11) is 2.14. The van der Waals surface area contributed by atoms with Crippen LogP contribution in [0.5, 0.6) is 0 Å². The zero-order valence-corrected chi connectivity index (χ0v) is 13.4. The molecule has 1 aromatic rings. The van der Waals surface area contributed by atoms with Gasteiger partial charge in [0.2, 0.25) is 0 Å². The van der Waals surface area contributed by atoms with Gasteiger partial charge in [0.15, 0.2) is 5.13 Å². The third-order valence-electron chi connectivity index (χ3n) is 2.92. The second kappa shape index (κ2) is 7.10. The average Bonchev–Trinajstić information content (AvgIpc) is 2.65. The Kier molecular flexibility index (Phi) is 6.09. The maximum atomic E-state index is 4.67. The highest BCUT2D eigenvalue weighted by Gasteiger charge is 2.11. The average molecular weight is 269 g/mol. The van der Waals surface area contributed by atoms with Crippen molar-refractivity contribution in [3.05, 3.63) is 10.6 Å². The summed E-state index contributed by atoms with van der Waals surface area (Å²) in [5.74, 6) is 0.746. The molecule has 1 N–H and O–H groups in total. The topological polar surface area (TPSA) is 28.2 Å². The van der Waals surface area contributed by atoms with Gasteiger partial charge in [0.25, 0.3) is 0 Å². The smallest absolute Gasteiger partial charge is 0.185 e. The van der Waals surface area contributed by atoms with Crippen LogP contribution in [0.3, 0.4) is 0 Å². The number of hydrogen-bond donors (Lipinski definition) is 1. The van der Waals surface area contributed by atoms with Gasteiger partial charge in [-0.3, -0.25) is 0 Å². The van der Waals surface area contributed by atoms with E-state index in [0.717, 1.165) is 24.1 Å². The van der Waals surface area contributed by atoms with Crippen molar-refractivity contribution in [3.8, 4) is 0 Å². The summed E-state index contributed by atoms with van der Waals surface area (Å²) in [5, 5.41) is 4.60. The highest BCUT2D eigenvalue weighted by Crippen LogP contribution is 2.25. The number of aryl methyl sites for hydroxylation is 1. The van der Waals surface area contributed by atoms with Gasteiger partial charge in [0.05, 0.1) is 5.69 Å². The minimum absolute atomic E-state index is 0.522. The molecule has 0 aliphatic carbocycles. The van der Waals surface area contributed by atoms with E-state index in [1.54, 1.807) is 0 Å². The number of nitrogens with zero attached hydrogens (tertiary/aromatic N) is 2. The van der Waals surface area contributed by atoms with Gasteiger partial charge in [-0.2, -0.15) is 0 Å². The molecule has 0 amide bonds. The largest absolute Gasteiger partial charge is 0.351 e. The van der Waals surface area contributed by atoms with Crippen LogP contribution in [0.4, 0.5) is 5.13 Å². The van der Waals surface area contributed by atoms with Gasteiger partial charge >= 0.3 is 0 Å². The molecule has 0 radical (unpaired) electrons. The van der Waals surface area contributed by atoms with Crippen LogP contribution < -0.4 is 10.2 Å². The first kappa shape index (κ1) is 15.4. The van der Waals surface area contributed by atoms with Crippen molar-refractivity contribution in [1.82, 2.24) is 10.3 Å². The lowest BCUT2D eigenvalue weighted by atomic mass is 10.1. The summed E-state index contributed by atoms with van der Waals surface area (Å²) in [5.41, 5.74) is 1.17. The third-order valence-corrected chi connectivity index (χ3v) is 4.19. The molecule has 0 spiro atoms. The summed E-state index contributed by atoms with van der Waals surface area (Å²) in [6.07, 6.45) is 1.22. The normalized spacial score (nSPS) is 11.6. The zero-order chi connectivity index (χ0) is 13.7. The van der Waals surface area contributed by atoms with Crippen molar-refractivity contribution >= 4 is 16.5 Å². The van der Waals surface area contributed by atoms with Crippen molar-refractivity contribution in [3.63, 3.8) is 0 Å². The number of anilines is 1. The summed E-state index contributed by atoms with van der Waals surface area (Å²) in [4.78, 5) is 8.30. The number of nitrogens with one attached hydrogen (secondary N) is 1. The summed E-state index contributed by atoms with van der Waals surface area (Å²) in [6, 6.07) is 0.522. The van der Waals surface area contributed by atoms with Crippen molar-refractivity contribution in [2.24, 2.45) is 5.92 Å². The molecule has 1 rings (SSSR count). The van der Waals surface area contributed by atoms with Gasteiger partial charge < -0.3 is 10.2 Å². The van der Waals surface area contributed by atoms with Gasteiger partial charge in [0.1, 0.15) is 0 Å². The minimum atomic E-state index is 0.522. The molecular formula is C14H27N3S. The Bertz CT molecular complexity index is 358. The van der Waals surface area contributed by atoms with Crippen LogP contribution in [0.1, 0.15) is 44.7 Å². The third kappa shape index (κ3) is 4.94. The molecule has 1 aromatic heterocycles. The number of aromatic nitrogens is 1. The van der Waals surface area contributed by atoms with Crippen LogP contribution in [0.15, 0.2) is 0 Å². The Morgan fingerprint density at radius 2 is 1.94 bits per heavy atom. The molecular weight excluding hydrogens is 242 g/mol. The van der Waals surface area contributed by atoms with Gasteiger partial charge in [-0.15, -0.1) is 11.3 Å². The molecule has 0 aliphatic heterocycles. The molecule has 104 valence electrons. The van der Waals surface area contributed by atoms with Gasteiger partial charge in [-0.05, 0) is 19.3 Å². The van der Waals surface area contributed by atoms with E-state index < -0.39 is 0 Å². The molecule has 1 heterocycles. The summed E-state index contributed by atoms with van der Waals surface area (Å²) < 4.78 is 0. The van der Waals surface area contributed by atoms with E-state index in [9.17, 15) is 0 Å². The lowest BCUT2D eigenvalue weighted by molar-refractivity contribution is 0.585. The minimum Gasteiger partial charge on any atom is -0.351 e. The monoisotopic (exact) mass is 269 g/mol. The maximum Gasteiger partial charge on any atom is 0.185 e. The van der Waals surface area contributed by atoms with Crippen LogP contribution >= 0.6 is 11.3 Å². The number of thiazole rings is 1. The van der Waals surface area contributed by atoms with Gasteiger partial charge in [0, 0.05) is 31.1 Å². The van der Waals surface area contributed by atoms with E-state index in [4.69, 9.17) is 0 Å². The number of hydrogen-bond acceptors (Lipinski definition) is 4. The molecule has 0 saturated carbocycles. The number of rotatable bonds is 7. The molecule has 0 bridgehead atoms. The second-order valence-corrected chi connectivity index (χ2v) is 6.71. The maximum absolute atomic E-state index is 4.67. The SMILES string of the molecule is Cc1nc(N(C)CCC(C)C)sc1CNC(C)C. The molecule has 0 atom stereocenters. The van der Waals surface area contributed by atoms with E-state index >= 15 is 0 Å². The summed E-state index contributed by atoms with van der Waals surface area (Å²) in [6.45, 7) is 13.0. The zero-order valence-electron chi connectivity index (χ0n) is 12.6. The lowest BCUT2D eigenvalue weighted by Gasteiger charge is -2.16. The molecule has 3 nitrogen and oxygen atoms in total. The predicted octanol–water partition coefficient (Wildman–Crippen LogP) is 3.43. The summed E-state index contributed by atoms with van der Waals surface area (Å²) >= 11 is 1.81. The molecule has 0 aliphatic rings. The van der Waals surface area contributed by atoms with E-state index in [-0.39, 0.29) is 0 Å². The molecule has 0 fully saturated rings. The highest BCUT2D eigenvalue weighted by atomic mass is 32.1. The Labute approximate surface area is 116 Å². The quantitative estimate of drug-likeness (QED) is 0.822. The van der Waals surface area contributed by atoms with E-state index in [1.807, 2.05) is 11.3 Å². The fourth-order valence-corrected chi connectivity index (χ4v) is 2.58. The first-order valence-corrected chi connectivity index (χ1v) is 7.62. The first-order chi connectivity index (χ1) is 8.40. The van der Waals surface area contributed by atoms with Crippen LogP contribution in [-0.2, 0) is 6.54 Å². The molecule has 0 unspecified atom stereocenters. The van der Waals surface area contributed by atoms with Crippen LogP contribution in [-0.4, -0.2) is 24.6 Å². The fraction of sp³-hybridized carbons (Fsp3) is 0.786. The van der Waals surface area contributed by atoms with Crippen LogP contribution in [0, 0.1) is 12.8 Å². The Hall–Kier alpha value is -0.610. The lowest BCUT2D eigenvalue weighted by Crippen LogP contribution is -2.21. The van der Waals surface area contributed by atoms with E-state index in [2.05, 4.69) is 56.9 Å². The second-order valence-electron chi connectivity index (χ2n) is 5.64. The van der Waals surface area contributed by atoms with Crippen LogP contribution in [0.25, 0.3) is 0 Å². The molecule has 18 heavy (non-hydrogen) atoms. The first-order valence-electron chi connectivity index (χ1n) is 6.81. The van der Waals surface area contributed by atoms with E-state index in [1.165, 1.54) is 17.0 Å². The fourth-order valence-electron chi connectivity index (χ4n) is 1.58. The Balaban J connectivity index is 2.59. The Morgan fingerprint density at radius 1 is 1.28 bits per heavy atom. The van der Waals surface area contributed by atoms with E-state index in [0.29, 0.717) is 6.04 Å². The van der Waals surface area contributed by atoms with Crippen molar-refractivity contribution in [2.75, 3.05) is 18.5 Å². The highest BCUT2D eigenvalue weighted by molar-refractivity contribution is 7.15. The van der Waals surface area contributed by atoms with Crippen molar-refractivity contribution in [1.29, 1.82) is 0 Å². The Morgan fingerprint density at radius 3 is 2.50 bits per heavy atom. The molecule has 0 saturated heterocycles.